The van der Waals surface area contributed by atoms with Crippen LogP contribution in [0.25, 0.3) is 0 Å². The Kier molecular flexibility index (Phi) is 4.19. The Bertz CT molecular complexity index is 371. The lowest BCUT2D eigenvalue weighted by Gasteiger charge is -2.19. The molecule has 0 bridgehead atoms. The van der Waals surface area contributed by atoms with Crippen LogP contribution in [0.3, 0.4) is 0 Å². The summed E-state index contributed by atoms with van der Waals surface area (Å²) in [5.74, 6) is 1.58. The molecular formula is C12H18N2O3. The normalized spacial score (nSPS) is 15.6. The number of nitrogens with one attached hydrogen (secondary N) is 1. The van der Waals surface area contributed by atoms with Gasteiger partial charge in [0, 0.05) is 19.6 Å². The maximum atomic E-state index is 9.30. The summed E-state index contributed by atoms with van der Waals surface area (Å²) in [6.45, 7) is 2.63. The molecular weight excluding hydrogens is 220 g/mol. The summed E-state index contributed by atoms with van der Waals surface area (Å²) < 4.78 is 10.9. The van der Waals surface area contributed by atoms with Gasteiger partial charge in [-0.15, -0.1) is 0 Å². The second-order valence-corrected chi connectivity index (χ2v) is 4.00. The third kappa shape index (κ3) is 3.33. The molecule has 0 saturated carbocycles. The Morgan fingerprint density at radius 2 is 2.06 bits per heavy atom. The highest BCUT2D eigenvalue weighted by molar-refractivity contribution is 5.43. The summed E-state index contributed by atoms with van der Waals surface area (Å²) in [6, 6.07) is 5.84. The first kappa shape index (κ1) is 12.2. The SMILES string of the molecule is NCC(O)CNCc1ccc2c(c1)OCCO2. The van der Waals surface area contributed by atoms with Crippen LogP contribution in [-0.2, 0) is 6.54 Å². The molecule has 0 amide bonds. The first-order valence-electron chi connectivity index (χ1n) is 5.77. The standard InChI is InChI=1S/C12H18N2O3/c13-6-10(15)8-14-7-9-1-2-11-12(5-9)17-4-3-16-11/h1-2,5,10,14-15H,3-4,6-8,13H2. The van der Waals surface area contributed by atoms with E-state index >= 15 is 0 Å². The van der Waals surface area contributed by atoms with Gasteiger partial charge in [-0.1, -0.05) is 6.07 Å². The second-order valence-electron chi connectivity index (χ2n) is 4.00. The molecule has 1 heterocycles. The fraction of sp³-hybridized carbons (Fsp3) is 0.500. The van der Waals surface area contributed by atoms with E-state index in [0.29, 0.717) is 26.3 Å². The summed E-state index contributed by atoms with van der Waals surface area (Å²) in [5, 5.41) is 12.4. The molecule has 1 aliphatic rings. The highest BCUT2D eigenvalue weighted by atomic mass is 16.6. The molecule has 1 unspecified atom stereocenters. The average molecular weight is 238 g/mol. The van der Waals surface area contributed by atoms with Crippen LogP contribution in [0, 0.1) is 0 Å². The monoisotopic (exact) mass is 238 g/mol. The summed E-state index contributed by atoms with van der Waals surface area (Å²) in [5.41, 5.74) is 6.41. The minimum Gasteiger partial charge on any atom is -0.486 e. The smallest absolute Gasteiger partial charge is 0.161 e. The number of aliphatic hydroxyl groups is 1. The topological polar surface area (TPSA) is 76.7 Å². The highest BCUT2D eigenvalue weighted by Crippen LogP contribution is 2.30. The molecule has 0 aliphatic carbocycles. The van der Waals surface area contributed by atoms with Crippen LogP contribution in [0.4, 0.5) is 0 Å². The fourth-order valence-corrected chi connectivity index (χ4v) is 1.66. The zero-order valence-corrected chi connectivity index (χ0v) is 9.69. The lowest BCUT2D eigenvalue weighted by Crippen LogP contribution is -2.32. The fourth-order valence-electron chi connectivity index (χ4n) is 1.66. The van der Waals surface area contributed by atoms with E-state index < -0.39 is 6.10 Å². The van der Waals surface area contributed by atoms with Crippen LogP contribution in [0.15, 0.2) is 18.2 Å². The molecule has 2 rings (SSSR count). The molecule has 1 aromatic rings. The van der Waals surface area contributed by atoms with Crippen LogP contribution in [-0.4, -0.2) is 37.5 Å². The van der Waals surface area contributed by atoms with Crippen LogP contribution in [0.5, 0.6) is 11.5 Å². The lowest BCUT2D eigenvalue weighted by molar-refractivity contribution is 0.171. The van der Waals surface area contributed by atoms with Gasteiger partial charge in [0.15, 0.2) is 11.5 Å². The summed E-state index contributed by atoms with van der Waals surface area (Å²) in [7, 11) is 0. The number of hydrogen-bond donors (Lipinski definition) is 3. The van der Waals surface area contributed by atoms with Crippen molar-refractivity contribution in [2.75, 3.05) is 26.3 Å². The molecule has 0 radical (unpaired) electrons. The molecule has 17 heavy (non-hydrogen) atoms. The molecule has 1 aromatic carbocycles. The van der Waals surface area contributed by atoms with Crippen molar-refractivity contribution in [2.45, 2.75) is 12.6 Å². The zero-order chi connectivity index (χ0) is 12.1. The minimum atomic E-state index is -0.493. The molecule has 0 fully saturated rings. The van der Waals surface area contributed by atoms with Gasteiger partial charge in [0.2, 0.25) is 0 Å². The van der Waals surface area contributed by atoms with Crippen molar-refractivity contribution in [3.63, 3.8) is 0 Å². The molecule has 1 aliphatic heterocycles. The zero-order valence-electron chi connectivity index (χ0n) is 9.69. The van der Waals surface area contributed by atoms with Crippen LogP contribution in [0.1, 0.15) is 5.56 Å². The van der Waals surface area contributed by atoms with Crippen molar-refractivity contribution in [3.8, 4) is 11.5 Å². The van der Waals surface area contributed by atoms with E-state index in [9.17, 15) is 5.11 Å². The number of fused-ring (bicyclic) bond motifs is 1. The van der Waals surface area contributed by atoms with Crippen LogP contribution >= 0.6 is 0 Å². The van der Waals surface area contributed by atoms with Gasteiger partial charge in [-0.05, 0) is 17.7 Å². The number of nitrogens with two attached hydrogens (primary N) is 1. The summed E-state index contributed by atoms with van der Waals surface area (Å²) >= 11 is 0. The predicted octanol–water partition coefficient (Wildman–Crippen LogP) is -0.133. The summed E-state index contributed by atoms with van der Waals surface area (Å²) in [6.07, 6.45) is -0.493. The number of ether oxygens (including phenoxy) is 2. The number of aliphatic hydroxyl groups excluding tert-OH is 1. The largest absolute Gasteiger partial charge is 0.486 e. The molecule has 5 nitrogen and oxygen atoms in total. The van der Waals surface area contributed by atoms with Crippen molar-refractivity contribution in [1.29, 1.82) is 0 Å². The van der Waals surface area contributed by atoms with Gasteiger partial charge in [-0.25, -0.2) is 0 Å². The van der Waals surface area contributed by atoms with Gasteiger partial charge < -0.3 is 25.6 Å². The number of benzene rings is 1. The number of rotatable bonds is 5. The lowest BCUT2D eigenvalue weighted by atomic mass is 10.2. The van der Waals surface area contributed by atoms with E-state index in [4.69, 9.17) is 15.2 Å². The van der Waals surface area contributed by atoms with Crippen molar-refractivity contribution >= 4 is 0 Å². The van der Waals surface area contributed by atoms with Gasteiger partial charge in [-0.2, -0.15) is 0 Å². The van der Waals surface area contributed by atoms with E-state index in [1.165, 1.54) is 0 Å². The Morgan fingerprint density at radius 3 is 2.82 bits per heavy atom. The van der Waals surface area contributed by atoms with E-state index in [-0.39, 0.29) is 6.54 Å². The molecule has 94 valence electrons. The molecule has 0 aromatic heterocycles. The van der Waals surface area contributed by atoms with Gasteiger partial charge >= 0.3 is 0 Å². The van der Waals surface area contributed by atoms with Crippen molar-refractivity contribution < 1.29 is 14.6 Å². The molecule has 0 spiro atoms. The van der Waals surface area contributed by atoms with Crippen molar-refractivity contribution in [1.82, 2.24) is 5.32 Å². The Morgan fingerprint density at radius 1 is 1.29 bits per heavy atom. The van der Waals surface area contributed by atoms with Crippen LogP contribution < -0.4 is 20.5 Å². The first-order valence-corrected chi connectivity index (χ1v) is 5.77. The maximum Gasteiger partial charge on any atom is 0.161 e. The molecule has 5 heteroatoms. The molecule has 4 N–H and O–H groups in total. The molecule has 1 atom stereocenters. The van der Waals surface area contributed by atoms with E-state index in [1.54, 1.807) is 0 Å². The van der Waals surface area contributed by atoms with Gasteiger partial charge in [0.05, 0.1) is 6.10 Å². The first-order chi connectivity index (χ1) is 8.29. The van der Waals surface area contributed by atoms with Crippen molar-refractivity contribution in [2.24, 2.45) is 5.73 Å². The van der Waals surface area contributed by atoms with Gasteiger partial charge in [-0.3, -0.25) is 0 Å². The second kappa shape index (κ2) is 5.86. The van der Waals surface area contributed by atoms with Gasteiger partial charge in [0.25, 0.3) is 0 Å². The third-order valence-corrected chi connectivity index (χ3v) is 2.59. The van der Waals surface area contributed by atoms with Gasteiger partial charge in [0.1, 0.15) is 13.2 Å². The summed E-state index contributed by atoms with van der Waals surface area (Å²) in [4.78, 5) is 0. The van der Waals surface area contributed by atoms with E-state index in [0.717, 1.165) is 17.1 Å². The highest BCUT2D eigenvalue weighted by Gasteiger charge is 2.11. The Hall–Kier alpha value is -1.30. The quantitative estimate of drug-likeness (QED) is 0.666. The average Bonchev–Trinajstić information content (AvgIpc) is 2.38. The Labute approximate surface area is 101 Å². The Balaban J connectivity index is 1.89. The molecule has 0 saturated heterocycles. The predicted molar refractivity (Wildman–Crippen MR) is 64.2 cm³/mol. The van der Waals surface area contributed by atoms with Crippen LogP contribution in [0.2, 0.25) is 0 Å². The maximum absolute atomic E-state index is 9.30. The third-order valence-electron chi connectivity index (χ3n) is 2.59. The van der Waals surface area contributed by atoms with E-state index in [2.05, 4.69) is 5.32 Å². The number of hydrogen-bond acceptors (Lipinski definition) is 5. The van der Waals surface area contributed by atoms with Crippen molar-refractivity contribution in [3.05, 3.63) is 23.8 Å². The van der Waals surface area contributed by atoms with E-state index in [1.807, 2.05) is 18.2 Å². The minimum absolute atomic E-state index is 0.272.